The summed E-state index contributed by atoms with van der Waals surface area (Å²) >= 11 is 0. The lowest BCUT2D eigenvalue weighted by Gasteiger charge is -2.09. The second kappa shape index (κ2) is 6.56. The van der Waals surface area contributed by atoms with Gasteiger partial charge in [-0.2, -0.15) is 0 Å². The van der Waals surface area contributed by atoms with E-state index in [1.54, 1.807) is 24.4 Å². The minimum absolute atomic E-state index is 0.00294. The summed E-state index contributed by atoms with van der Waals surface area (Å²) in [5.74, 6) is 1.05. The molecular formula is C14H15N3O4. The summed E-state index contributed by atoms with van der Waals surface area (Å²) in [4.78, 5) is 14.6. The minimum atomic E-state index is -0.436. The van der Waals surface area contributed by atoms with Gasteiger partial charge in [-0.25, -0.2) is 4.98 Å². The Labute approximate surface area is 121 Å². The SMILES string of the molecule is COc1ccc([N+](=O)[O-])c(NCc2ccnc(OC)c2)c1. The Morgan fingerprint density at radius 3 is 2.71 bits per heavy atom. The maximum Gasteiger partial charge on any atom is 0.292 e. The minimum Gasteiger partial charge on any atom is -0.497 e. The van der Waals surface area contributed by atoms with Gasteiger partial charge < -0.3 is 14.8 Å². The molecule has 0 saturated carbocycles. The van der Waals surface area contributed by atoms with Gasteiger partial charge in [-0.3, -0.25) is 10.1 Å². The lowest BCUT2D eigenvalue weighted by atomic mass is 10.2. The number of nitrogens with zero attached hydrogens (tertiary/aromatic N) is 2. The maximum absolute atomic E-state index is 11.0. The number of hydrogen-bond donors (Lipinski definition) is 1. The molecule has 0 unspecified atom stereocenters. The van der Waals surface area contributed by atoms with Crippen LogP contribution in [0.4, 0.5) is 11.4 Å². The number of pyridine rings is 1. The lowest BCUT2D eigenvalue weighted by Crippen LogP contribution is -2.03. The van der Waals surface area contributed by atoms with Crippen LogP contribution in [0.1, 0.15) is 5.56 Å². The average Bonchev–Trinajstić information content (AvgIpc) is 2.52. The third-order valence-corrected chi connectivity index (χ3v) is 2.89. The summed E-state index contributed by atoms with van der Waals surface area (Å²) in [6.45, 7) is 0.410. The van der Waals surface area contributed by atoms with Crippen molar-refractivity contribution in [2.24, 2.45) is 0 Å². The van der Waals surface area contributed by atoms with E-state index in [9.17, 15) is 10.1 Å². The quantitative estimate of drug-likeness (QED) is 0.649. The number of hydrogen-bond acceptors (Lipinski definition) is 6. The zero-order valence-corrected chi connectivity index (χ0v) is 11.7. The van der Waals surface area contributed by atoms with Crippen molar-refractivity contribution in [3.05, 3.63) is 52.2 Å². The van der Waals surface area contributed by atoms with E-state index in [1.165, 1.54) is 20.3 Å². The molecule has 2 aromatic rings. The highest BCUT2D eigenvalue weighted by atomic mass is 16.6. The number of methoxy groups -OCH3 is 2. The van der Waals surface area contributed by atoms with Crippen LogP contribution in [-0.4, -0.2) is 24.1 Å². The van der Waals surface area contributed by atoms with Gasteiger partial charge in [-0.15, -0.1) is 0 Å². The molecule has 0 radical (unpaired) electrons. The Hall–Kier alpha value is -2.83. The summed E-state index contributed by atoms with van der Waals surface area (Å²) in [6.07, 6.45) is 1.62. The van der Waals surface area contributed by atoms with Crippen LogP contribution in [0.2, 0.25) is 0 Å². The Balaban J connectivity index is 2.19. The number of nitrogens with one attached hydrogen (secondary N) is 1. The molecule has 110 valence electrons. The molecule has 1 N–H and O–H groups in total. The number of rotatable bonds is 6. The molecule has 0 aliphatic heterocycles. The van der Waals surface area contributed by atoms with E-state index in [2.05, 4.69) is 10.3 Å². The average molecular weight is 289 g/mol. The summed E-state index contributed by atoms with van der Waals surface area (Å²) in [7, 11) is 3.05. The van der Waals surface area contributed by atoms with Crippen molar-refractivity contribution in [3.63, 3.8) is 0 Å². The molecule has 2 rings (SSSR count). The number of nitro groups is 1. The van der Waals surface area contributed by atoms with E-state index in [-0.39, 0.29) is 5.69 Å². The Kier molecular flexibility index (Phi) is 4.55. The number of anilines is 1. The third-order valence-electron chi connectivity index (χ3n) is 2.89. The van der Waals surface area contributed by atoms with Crippen LogP contribution in [-0.2, 0) is 6.54 Å². The predicted octanol–water partition coefficient (Wildman–Crippen LogP) is 2.62. The standard InChI is InChI=1S/C14H15N3O4/c1-20-11-3-4-13(17(18)19)12(8-11)16-9-10-5-6-15-14(7-10)21-2/h3-8,16H,9H2,1-2H3. The Morgan fingerprint density at radius 1 is 1.24 bits per heavy atom. The second-order valence-corrected chi connectivity index (χ2v) is 4.20. The zero-order chi connectivity index (χ0) is 15.2. The van der Waals surface area contributed by atoms with Gasteiger partial charge in [0.05, 0.1) is 19.1 Å². The van der Waals surface area contributed by atoms with Gasteiger partial charge in [0.25, 0.3) is 5.69 Å². The van der Waals surface area contributed by atoms with Crippen molar-refractivity contribution in [2.75, 3.05) is 19.5 Å². The molecule has 0 amide bonds. The Bertz CT molecular complexity index is 646. The van der Waals surface area contributed by atoms with Gasteiger partial charge >= 0.3 is 0 Å². The zero-order valence-electron chi connectivity index (χ0n) is 11.7. The topological polar surface area (TPSA) is 86.5 Å². The molecule has 7 nitrogen and oxygen atoms in total. The lowest BCUT2D eigenvalue weighted by molar-refractivity contribution is -0.384. The van der Waals surface area contributed by atoms with E-state index in [0.29, 0.717) is 23.9 Å². The first-order chi connectivity index (χ1) is 10.1. The van der Waals surface area contributed by atoms with Gasteiger partial charge in [-0.05, 0) is 17.7 Å². The van der Waals surface area contributed by atoms with E-state index < -0.39 is 4.92 Å². The molecule has 1 aromatic carbocycles. The van der Waals surface area contributed by atoms with Crippen molar-refractivity contribution in [1.82, 2.24) is 4.98 Å². The van der Waals surface area contributed by atoms with Crippen LogP contribution >= 0.6 is 0 Å². The largest absolute Gasteiger partial charge is 0.497 e. The van der Waals surface area contributed by atoms with Gasteiger partial charge in [0.2, 0.25) is 5.88 Å². The van der Waals surface area contributed by atoms with Crippen LogP contribution in [0.3, 0.4) is 0 Å². The molecule has 0 saturated heterocycles. The number of nitro benzene ring substituents is 1. The van der Waals surface area contributed by atoms with Crippen LogP contribution < -0.4 is 14.8 Å². The summed E-state index contributed by atoms with van der Waals surface area (Å²) in [6, 6.07) is 8.13. The molecule has 0 aliphatic rings. The highest BCUT2D eigenvalue weighted by molar-refractivity contribution is 5.64. The second-order valence-electron chi connectivity index (χ2n) is 4.20. The summed E-state index contributed by atoms with van der Waals surface area (Å²) in [5, 5.41) is 14.1. The molecule has 0 atom stereocenters. The van der Waals surface area contributed by atoms with E-state index in [1.807, 2.05) is 6.07 Å². The van der Waals surface area contributed by atoms with E-state index in [0.717, 1.165) is 5.56 Å². The molecule has 1 aromatic heterocycles. The summed E-state index contributed by atoms with van der Waals surface area (Å²) in [5.41, 5.74) is 1.30. The number of ether oxygens (including phenoxy) is 2. The normalized spacial score (nSPS) is 10.0. The molecular weight excluding hydrogens is 274 g/mol. The predicted molar refractivity (Wildman–Crippen MR) is 77.8 cm³/mol. The first-order valence-corrected chi connectivity index (χ1v) is 6.19. The molecule has 0 bridgehead atoms. The first kappa shape index (κ1) is 14.6. The van der Waals surface area contributed by atoms with Crippen LogP contribution in [0.25, 0.3) is 0 Å². The van der Waals surface area contributed by atoms with Crippen molar-refractivity contribution in [3.8, 4) is 11.6 Å². The summed E-state index contributed by atoms with van der Waals surface area (Å²) < 4.78 is 10.1. The monoisotopic (exact) mass is 289 g/mol. The number of benzene rings is 1. The molecule has 1 heterocycles. The fourth-order valence-electron chi connectivity index (χ4n) is 1.81. The van der Waals surface area contributed by atoms with Crippen LogP contribution in [0, 0.1) is 10.1 Å². The van der Waals surface area contributed by atoms with Crippen LogP contribution in [0.15, 0.2) is 36.5 Å². The third kappa shape index (κ3) is 3.59. The molecule has 7 heteroatoms. The van der Waals surface area contributed by atoms with Gasteiger partial charge in [-0.1, -0.05) is 0 Å². The van der Waals surface area contributed by atoms with Crippen molar-refractivity contribution in [1.29, 1.82) is 0 Å². The fraction of sp³-hybridized carbons (Fsp3) is 0.214. The Morgan fingerprint density at radius 2 is 2.05 bits per heavy atom. The molecule has 0 fully saturated rings. The van der Waals surface area contributed by atoms with Gasteiger partial charge in [0.15, 0.2) is 0 Å². The first-order valence-electron chi connectivity index (χ1n) is 6.19. The molecule has 21 heavy (non-hydrogen) atoms. The highest BCUT2D eigenvalue weighted by Gasteiger charge is 2.14. The van der Waals surface area contributed by atoms with Crippen molar-refractivity contribution >= 4 is 11.4 Å². The maximum atomic E-state index is 11.0. The number of aromatic nitrogens is 1. The van der Waals surface area contributed by atoms with Gasteiger partial charge in [0.1, 0.15) is 11.4 Å². The van der Waals surface area contributed by atoms with Crippen molar-refractivity contribution in [2.45, 2.75) is 6.54 Å². The molecule has 0 spiro atoms. The fourth-order valence-corrected chi connectivity index (χ4v) is 1.81. The van der Waals surface area contributed by atoms with Crippen LogP contribution in [0.5, 0.6) is 11.6 Å². The van der Waals surface area contributed by atoms with Gasteiger partial charge in [0, 0.05) is 30.9 Å². The van der Waals surface area contributed by atoms with E-state index >= 15 is 0 Å². The highest BCUT2D eigenvalue weighted by Crippen LogP contribution is 2.29. The molecule has 0 aliphatic carbocycles. The van der Waals surface area contributed by atoms with E-state index in [4.69, 9.17) is 9.47 Å². The van der Waals surface area contributed by atoms with Crippen molar-refractivity contribution < 1.29 is 14.4 Å². The smallest absolute Gasteiger partial charge is 0.292 e.